The maximum Gasteiger partial charge on any atom is 0.166 e. The van der Waals surface area contributed by atoms with Crippen molar-refractivity contribution in [2.75, 3.05) is 19.6 Å². The number of pyridine rings is 4. The van der Waals surface area contributed by atoms with Crippen LogP contribution in [0.1, 0.15) is 110 Å². The van der Waals surface area contributed by atoms with E-state index in [1.807, 2.05) is 115 Å². The number of aliphatic imine (C=N–C) groups is 1. The van der Waals surface area contributed by atoms with Crippen LogP contribution in [-0.2, 0) is 40.3 Å². The van der Waals surface area contributed by atoms with Gasteiger partial charge in [-0.25, -0.2) is 8.78 Å². The van der Waals surface area contributed by atoms with Gasteiger partial charge in [0.25, 0.3) is 0 Å². The summed E-state index contributed by atoms with van der Waals surface area (Å²) in [6, 6.07) is 33.3. The van der Waals surface area contributed by atoms with E-state index in [1.54, 1.807) is 65.4 Å². The summed E-state index contributed by atoms with van der Waals surface area (Å²) < 4.78 is 42.2. The Morgan fingerprint density at radius 2 is 1.15 bits per heavy atom. The molecule has 1 aliphatic heterocycles. The number of halogens is 2. The fourth-order valence-corrected chi connectivity index (χ4v) is 11.4. The molecule has 16 heteroatoms. The zero-order valence-electron chi connectivity index (χ0n) is 50.3. The number of ether oxygens (including phenoxy) is 2. The molecule has 0 amide bonds. The number of nitrogens with one attached hydrogen (secondary N) is 2. The lowest BCUT2D eigenvalue weighted by Gasteiger charge is -2.11. The molecule has 2 aliphatic rings. The van der Waals surface area contributed by atoms with Crippen molar-refractivity contribution in [3.63, 3.8) is 0 Å². The predicted octanol–water partition coefficient (Wildman–Crippen LogP) is 16.3. The molecule has 12 nitrogen and oxygen atoms in total. The number of benzene rings is 3. The van der Waals surface area contributed by atoms with Crippen LogP contribution in [0.3, 0.4) is 0 Å². The largest absolute Gasteiger partial charge is 0.453 e. The molecule has 9 aromatic rings. The first-order chi connectivity index (χ1) is 41.5. The second kappa shape index (κ2) is 30.9. The van der Waals surface area contributed by atoms with Gasteiger partial charge in [0, 0.05) is 92.0 Å². The Morgan fingerprint density at radius 3 is 1.71 bits per heavy atom. The van der Waals surface area contributed by atoms with Crippen molar-refractivity contribution in [3.8, 4) is 33.6 Å². The van der Waals surface area contributed by atoms with Gasteiger partial charge in [0.2, 0.25) is 0 Å². The van der Waals surface area contributed by atoms with Crippen molar-refractivity contribution in [1.29, 1.82) is 0 Å². The van der Waals surface area contributed by atoms with Crippen molar-refractivity contribution in [1.82, 2.24) is 30.6 Å². The third kappa shape index (κ3) is 18.0. The summed E-state index contributed by atoms with van der Waals surface area (Å²) in [5, 5.41) is 6.71. The van der Waals surface area contributed by atoms with Crippen LogP contribution < -0.4 is 20.1 Å². The zero-order chi connectivity index (χ0) is 61.2. The van der Waals surface area contributed by atoms with Crippen LogP contribution >= 0.6 is 22.7 Å². The van der Waals surface area contributed by atoms with E-state index in [0.29, 0.717) is 36.4 Å². The summed E-state index contributed by atoms with van der Waals surface area (Å²) >= 11 is 3.10. The zero-order valence-corrected chi connectivity index (χ0v) is 52.0. The van der Waals surface area contributed by atoms with Gasteiger partial charge in [-0.05, 0) is 156 Å². The number of hydrogen-bond donors (Lipinski definition) is 2. The number of aromatic nitrogens is 4. The maximum absolute atomic E-state index is 14.6. The van der Waals surface area contributed by atoms with Crippen LogP contribution in [0.25, 0.3) is 31.0 Å². The van der Waals surface area contributed by atoms with Gasteiger partial charge in [-0.15, -0.1) is 22.7 Å². The van der Waals surface area contributed by atoms with E-state index >= 15 is 0 Å². The highest BCUT2D eigenvalue weighted by Gasteiger charge is 2.54. The van der Waals surface area contributed by atoms with Crippen LogP contribution in [0.4, 0.5) is 8.78 Å². The molecule has 0 atom stereocenters. The fraction of sp³-hybridized carbons (Fsp3) is 0.314. The molecule has 2 N–H and O–H groups in total. The summed E-state index contributed by atoms with van der Waals surface area (Å²) in [6.07, 6.45) is 14.2. The Balaban J connectivity index is 0.000000157. The maximum atomic E-state index is 14.6. The molecule has 1 saturated carbocycles. The number of carbonyl (C=O) groups is 3. The highest BCUT2D eigenvalue weighted by atomic mass is 32.1. The van der Waals surface area contributed by atoms with E-state index < -0.39 is 11.2 Å². The Bertz CT molecular complexity index is 3840. The lowest BCUT2D eigenvalue weighted by Crippen LogP contribution is -2.26. The van der Waals surface area contributed by atoms with Gasteiger partial charge >= 0.3 is 0 Å². The minimum atomic E-state index is -0.611. The molecule has 11 rings (SSSR count). The van der Waals surface area contributed by atoms with Crippen molar-refractivity contribution >= 4 is 66.2 Å². The number of nitrogens with zero attached hydrogens (tertiary/aromatic N) is 5. The lowest BCUT2D eigenvalue weighted by molar-refractivity contribution is -0.134. The molecular formula is C70H75F2N7O5S2. The Morgan fingerprint density at radius 1 is 0.570 bits per heavy atom. The number of allylic oxidation sites excluding steroid dienone is 1. The van der Waals surface area contributed by atoms with Gasteiger partial charge in [0.05, 0.1) is 43.0 Å². The summed E-state index contributed by atoms with van der Waals surface area (Å²) in [5.74, 6) is 0.888. The molecule has 0 unspecified atom stereocenters. The topological polar surface area (TPSA) is 158 Å². The van der Waals surface area contributed by atoms with Gasteiger partial charge in [-0.2, -0.15) is 0 Å². The second-order valence-corrected chi connectivity index (χ2v) is 24.1. The van der Waals surface area contributed by atoms with Crippen molar-refractivity contribution in [2.45, 2.75) is 120 Å². The summed E-state index contributed by atoms with van der Waals surface area (Å²) in [5.41, 5.74) is 11.0. The molecule has 7 heterocycles. The average molecular weight is 1200 g/mol. The minimum absolute atomic E-state index is 0.0164. The summed E-state index contributed by atoms with van der Waals surface area (Å²) in [4.78, 5) is 60.1. The Kier molecular flexibility index (Phi) is 23.0. The van der Waals surface area contributed by atoms with Crippen LogP contribution in [-0.4, -0.2) is 62.6 Å². The number of hydrogen-bond acceptors (Lipinski definition) is 14. The third-order valence-electron chi connectivity index (χ3n) is 14.3. The first-order valence-electron chi connectivity index (χ1n) is 29.3. The second-order valence-electron chi connectivity index (χ2n) is 21.8. The molecule has 1 aliphatic carbocycles. The van der Waals surface area contributed by atoms with E-state index in [9.17, 15) is 23.2 Å². The molecule has 0 saturated heterocycles. The number of Topliss-reactive ketones (excluding diaryl/α,β-unsaturated/α-hetero) is 3. The van der Waals surface area contributed by atoms with E-state index in [4.69, 9.17) is 9.47 Å². The SMILES string of the molecule is CC1=CC(CC(=O)Cc2ccc(Oc3ccnc4cc(C)sc34)c(F)c2)=NC1.CCC(=O)C1(C(=O)Cc2ccc(C)cc2)CC1.CCCNCc1ccc(-c2cc3nccc(Oc4ccc(C)cc4F)c3s2)nc1.CCCNCc1ccc(C)nc1. The van der Waals surface area contributed by atoms with Gasteiger partial charge in [0.1, 0.15) is 23.1 Å². The summed E-state index contributed by atoms with van der Waals surface area (Å²) in [6.45, 7) is 20.5. The van der Waals surface area contributed by atoms with E-state index in [2.05, 4.69) is 61.5 Å². The first-order valence-corrected chi connectivity index (χ1v) is 30.9. The molecule has 0 bridgehead atoms. The molecule has 446 valence electrons. The molecule has 1 fully saturated rings. The van der Waals surface area contributed by atoms with E-state index in [1.165, 1.54) is 29.7 Å². The number of thiophene rings is 2. The molecule has 3 aromatic carbocycles. The van der Waals surface area contributed by atoms with Gasteiger partial charge < -0.3 is 20.1 Å². The van der Waals surface area contributed by atoms with Crippen LogP contribution in [0.2, 0.25) is 0 Å². The smallest absolute Gasteiger partial charge is 0.166 e. The lowest BCUT2D eigenvalue weighted by atomic mass is 9.89. The van der Waals surface area contributed by atoms with Crippen LogP contribution in [0, 0.1) is 44.7 Å². The summed E-state index contributed by atoms with van der Waals surface area (Å²) in [7, 11) is 0. The van der Waals surface area contributed by atoms with Gasteiger partial charge in [-0.3, -0.25) is 39.3 Å². The van der Waals surface area contributed by atoms with Crippen molar-refractivity contribution < 1.29 is 32.6 Å². The predicted molar refractivity (Wildman–Crippen MR) is 344 cm³/mol. The number of carbonyl (C=O) groups excluding carboxylic acids is 3. The van der Waals surface area contributed by atoms with Gasteiger partial charge in [-0.1, -0.05) is 80.4 Å². The fourth-order valence-electron chi connectivity index (χ4n) is 9.43. The van der Waals surface area contributed by atoms with Crippen LogP contribution in [0.15, 0.2) is 151 Å². The first kappa shape index (κ1) is 64.0. The van der Waals surface area contributed by atoms with Crippen molar-refractivity contribution in [2.24, 2.45) is 10.4 Å². The van der Waals surface area contributed by atoms with Gasteiger partial charge in [0.15, 0.2) is 28.9 Å². The van der Waals surface area contributed by atoms with Crippen LogP contribution in [0.5, 0.6) is 23.0 Å². The monoisotopic (exact) mass is 1200 g/mol. The Hall–Kier alpha value is -8.02. The number of fused-ring (bicyclic) bond motifs is 2. The standard InChI is InChI=1S/C23H22FN3OS.C22H19FN2O2S.C15H18O2.C10H16N2/c1-3-9-25-13-16-5-6-18(27-14-16)22-12-19-23(29-22)21(8-10-26-19)28-20-7-4-15(2)11-17(20)24;1-13-7-16(25-12-13)11-17(26)9-15-3-4-20(18(23)10-15)27-21-5-6-24-19-8-14(2)28-22(19)21;1-3-13(16)15(8-9-15)14(17)10-12-6-4-11(2)5-7-12;1-3-6-11-7-10-5-4-9(2)12-8-10/h4-8,10-12,14,25H,3,9,13H2,1-2H3;3-8,10H,9,11-12H2,1-2H3;4-7H,3,8-10H2,1-2H3;4-5,8,11H,3,6-7H2,1-2H3. The molecule has 6 aromatic heterocycles. The van der Waals surface area contributed by atoms with E-state index in [0.717, 1.165) is 115 Å². The third-order valence-corrected chi connectivity index (χ3v) is 16.5. The molecule has 86 heavy (non-hydrogen) atoms. The number of aryl methyl sites for hydroxylation is 4. The molecule has 0 radical (unpaired) electrons. The normalized spacial score (nSPS) is 12.9. The minimum Gasteiger partial charge on any atom is -0.453 e. The van der Waals surface area contributed by atoms with E-state index in [-0.39, 0.29) is 47.5 Å². The number of ketones is 3. The highest BCUT2D eigenvalue weighted by Crippen LogP contribution is 2.49. The highest BCUT2D eigenvalue weighted by molar-refractivity contribution is 7.22. The average Bonchev–Trinajstić information content (AvgIpc) is 2.77. The number of rotatable bonds is 22. The molecular weight excluding hydrogens is 1120 g/mol. The molecule has 0 spiro atoms. The van der Waals surface area contributed by atoms with Crippen molar-refractivity contribution in [3.05, 3.63) is 201 Å². The quantitative estimate of drug-likeness (QED) is 0.0491. The Labute approximate surface area is 511 Å².